The van der Waals surface area contributed by atoms with Gasteiger partial charge in [-0.1, -0.05) is 62.4 Å². The number of unbranched alkanes of at least 4 members (excludes halogenated alkanes) is 4. The molecule has 2 nitrogen and oxygen atoms in total. The molecule has 0 heterocycles. The molecule has 0 spiro atoms. The summed E-state index contributed by atoms with van der Waals surface area (Å²) in [6, 6.07) is 9.55. The van der Waals surface area contributed by atoms with Crippen molar-refractivity contribution in [2.24, 2.45) is 5.41 Å². The Bertz CT molecular complexity index is 581. The zero-order chi connectivity index (χ0) is 16.8. The minimum Gasteiger partial charge on any atom is -0.383 e. The van der Waals surface area contributed by atoms with Gasteiger partial charge in [0.2, 0.25) is 0 Å². The molecule has 1 aromatic carbocycles. The van der Waals surface area contributed by atoms with Crippen LogP contribution in [0.2, 0.25) is 0 Å². The molecular formula is C21H28O2. The van der Waals surface area contributed by atoms with Crippen LogP contribution in [0.3, 0.4) is 0 Å². The summed E-state index contributed by atoms with van der Waals surface area (Å²) < 4.78 is 0. The molecule has 0 aliphatic heterocycles. The highest BCUT2D eigenvalue weighted by molar-refractivity contribution is 5.81. The number of carbonyl (C=O) groups is 1. The highest BCUT2D eigenvalue weighted by Crippen LogP contribution is 2.49. The third kappa shape index (κ3) is 4.03. The van der Waals surface area contributed by atoms with Crippen molar-refractivity contribution in [3.63, 3.8) is 0 Å². The SMILES string of the molecule is CCCCCCC#C[C@@]1(C)CCC(=O)C[C@@]1(O)c1ccccc1. The average molecular weight is 312 g/mol. The van der Waals surface area contributed by atoms with Gasteiger partial charge in [0.1, 0.15) is 11.4 Å². The van der Waals surface area contributed by atoms with Crippen LogP contribution in [0.25, 0.3) is 0 Å². The van der Waals surface area contributed by atoms with Crippen LogP contribution in [-0.4, -0.2) is 10.9 Å². The number of benzene rings is 1. The number of aliphatic hydroxyl groups is 1. The second kappa shape index (κ2) is 7.79. The van der Waals surface area contributed by atoms with E-state index in [0.717, 1.165) is 18.4 Å². The van der Waals surface area contributed by atoms with Gasteiger partial charge in [0.25, 0.3) is 0 Å². The molecule has 1 N–H and O–H groups in total. The Kier molecular flexibility index (Phi) is 6.02. The highest BCUT2D eigenvalue weighted by Gasteiger charge is 2.51. The number of Topliss-reactive ketones (excluding diaryl/α,β-unsaturated/α-hetero) is 1. The summed E-state index contributed by atoms with van der Waals surface area (Å²) in [6.07, 6.45) is 6.97. The normalized spacial score (nSPS) is 27.3. The van der Waals surface area contributed by atoms with Gasteiger partial charge in [-0.15, -0.1) is 5.92 Å². The van der Waals surface area contributed by atoms with Crippen molar-refractivity contribution in [3.8, 4) is 11.8 Å². The first-order valence-electron chi connectivity index (χ1n) is 8.81. The maximum Gasteiger partial charge on any atom is 0.136 e. The Labute approximate surface area is 140 Å². The van der Waals surface area contributed by atoms with E-state index in [1.807, 2.05) is 37.3 Å². The third-order valence-electron chi connectivity index (χ3n) is 5.04. The van der Waals surface area contributed by atoms with Gasteiger partial charge in [-0.2, -0.15) is 0 Å². The second-order valence-electron chi connectivity index (χ2n) is 6.89. The molecule has 1 fully saturated rings. The van der Waals surface area contributed by atoms with E-state index in [0.29, 0.717) is 12.8 Å². The summed E-state index contributed by atoms with van der Waals surface area (Å²) in [4.78, 5) is 12.0. The standard InChI is InChI=1S/C21H28O2/c1-3-4-5-6-7-11-15-20(2)16-14-19(22)17-21(20,23)18-12-9-8-10-13-18/h8-10,12-13,23H,3-7,14,16-17H2,1-2H3/t20-,21+/m0/s1. The van der Waals surface area contributed by atoms with Crippen LogP contribution in [0, 0.1) is 17.3 Å². The first kappa shape index (κ1) is 17.8. The Hall–Kier alpha value is -1.59. The lowest BCUT2D eigenvalue weighted by Crippen LogP contribution is -2.48. The first-order chi connectivity index (χ1) is 11.0. The lowest BCUT2D eigenvalue weighted by atomic mass is 9.61. The lowest BCUT2D eigenvalue weighted by Gasteiger charge is -2.45. The van der Waals surface area contributed by atoms with Gasteiger partial charge in [0.15, 0.2) is 0 Å². The van der Waals surface area contributed by atoms with Crippen LogP contribution in [-0.2, 0) is 10.4 Å². The van der Waals surface area contributed by atoms with Gasteiger partial charge in [0.05, 0.1) is 5.41 Å². The smallest absolute Gasteiger partial charge is 0.136 e. The maximum atomic E-state index is 12.0. The molecule has 0 bridgehead atoms. The first-order valence-corrected chi connectivity index (χ1v) is 8.81. The van der Waals surface area contributed by atoms with Gasteiger partial charge in [0, 0.05) is 19.3 Å². The third-order valence-corrected chi connectivity index (χ3v) is 5.04. The molecular weight excluding hydrogens is 284 g/mol. The fourth-order valence-electron chi connectivity index (χ4n) is 3.36. The van der Waals surface area contributed by atoms with Crippen LogP contribution in [0.1, 0.15) is 70.8 Å². The summed E-state index contributed by atoms with van der Waals surface area (Å²) in [5.41, 5.74) is -0.941. The van der Waals surface area contributed by atoms with Crippen molar-refractivity contribution in [1.29, 1.82) is 0 Å². The van der Waals surface area contributed by atoms with Crippen molar-refractivity contribution < 1.29 is 9.90 Å². The molecule has 0 saturated heterocycles. The number of rotatable bonds is 5. The molecule has 0 aromatic heterocycles. The van der Waals surface area contributed by atoms with E-state index in [1.54, 1.807) is 0 Å². The van der Waals surface area contributed by atoms with E-state index in [-0.39, 0.29) is 12.2 Å². The summed E-state index contributed by atoms with van der Waals surface area (Å²) in [5.74, 6) is 6.73. The van der Waals surface area contributed by atoms with Gasteiger partial charge < -0.3 is 5.11 Å². The maximum absolute atomic E-state index is 12.0. The summed E-state index contributed by atoms with van der Waals surface area (Å²) >= 11 is 0. The van der Waals surface area contributed by atoms with Gasteiger partial charge >= 0.3 is 0 Å². The van der Waals surface area contributed by atoms with Crippen molar-refractivity contribution in [3.05, 3.63) is 35.9 Å². The molecule has 1 saturated carbocycles. The largest absolute Gasteiger partial charge is 0.383 e. The van der Waals surface area contributed by atoms with Gasteiger partial charge in [-0.25, -0.2) is 0 Å². The highest BCUT2D eigenvalue weighted by atomic mass is 16.3. The van der Waals surface area contributed by atoms with Crippen molar-refractivity contribution in [2.45, 2.75) is 70.8 Å². The van der Waals surface area contributed by atoms with E-state index in [4.69, 9.17) is 0 Å². The minimum atomic E-state index is -1.18. The summed E-state index contributed by atoms with van der Waals surface area (Å²) in [6.45, 7) is 4.21. The predicted molar refractivity (Wildman–Crippen MR) is 93.8 cm³/mol. The van der Waals surface area contributed by atoms with Crippen molar-refractivity contribution >= 4 is 5.78 Å². The van der Waals surface area contributed by atoms with Crippen LogP contribution >= 0.6 is 0 Å². The number of hydrogen-bond donors (Lipinski definition) is 1. The average Bonchev–Trinajstić information content (AvgIpc) is 2.56. The Morgan fingerprint density at radius 2 is 1.91 bits per heavy atom. The molecule has 2 rings (SSSR count). The molecule has 124 valence electrons. The van der Waals surface area contributed by atoms with Crippen LogP contribution in [0.4, 0.5) is 0 Å². The molecule has 0 amide bonds. The topological polar surface area (TPSA) is 37.3 Å². The Morgan fingerprint density at radius 1 is 1.17 bits per heavy atom. The van der Waals surface area contributed by atoms with E-state index < -0.39 is 11.0 Å². The van der Waals surface area contributed by atoms with Crippen molar-refractivity contribution in [1.82, 2.24) is 0 Å². The molecule has 23 heavy (non-hydrogen) atoms. The fourth-order valence-corrected chi connectivity index (χ4v) is 3.36. The number of hydrogen-bond acceptors (Lipinski definition) is 2. The van der Waals surface area contributed by atoms with Crippen molar-refractivity contribution in [2.75, 3.05) is 0 Å². The monoisotopic (exact) mass is 312 g/mol. The molecule has 1 aliphatic carbocycles. The molecule has 1 aliphatic rings. The van der Waals surface area contributed by atoms with E-state index in [2.05, 4.69) is 18.8 Å². The van der Waals surface area contributed by atoms with E-state index in [9.17, 15) is 9.90 Å². The molecule has 1 aromatic rings. The van der Waals surface area contributed by atoms with E-state index >= 15 is 0 Å². The molecule has 0 unspecified atom stereocenters. The van der Waals surface area contributed by atoms with Crippen LogP contribution in [0.15, 0.2) is 30.3 Å². The lowest BCUT2D eigenvalue weighted by molar-refractivity contribution is -0.139. The quantitative estimate of drug-likeness (QED) is 0.637. The zero-order valence-electron chi connectivity index (χ0n) is 14.4. The van der Waals surface area contributed by atoms with Crippen LogP contribution in [0.5, 0.6) is 0 Å². The Morgan fingerprint density at radius 3 is 2.61 bits per heavy atom. The zero-order valence-corrected chi connectivity index (χ0v) is 14.4. The fraction of sp³-hybridized carbons (Fsp3) is 0.571. The molecule has 2 atom stereocenters. The molecule has 0 radical (unpaired) electrons. The van der Waals surface area contributed by atoms with Gasteiger partial charge in [-0.05, 0) is 25.3 Å². The van der Waals surface area contributed by atoms with Crippen LogP contribution < -0.4 is 0 Å². The molecule has 2 heteroatoms. The summed E-state index contributed by atoms with van der Waals surface area (Å²) in [5, 5.41) is 11.3. The minimum absolute atomic E-state index is 0.124. The predicted octanol–water partition coefficient (Wildman–Crippen LogP) is 4.61. The Balaban J connectivity index is 2.19. The summed E-state index contributed by atoms with van der Waals surface area (Å²) in [7, 11) is 0. The van der Waals surface area contributed by atoms with E-state index in [1.165, 1.54) is 19.3 Å². The number of ketones is 1. The number of carbonyl (C=O) groups excluding carboxylic acids is 1. The second-order valence-corrected chi connectivity index (χ2v) is 6.89. The van der Waals surface area contributed by atoms with Gasteiger partial charge in [-0.3, -0.25) is 4.79 Å².